The summed E-state index contributed by atoms with van der Waals surface area (Å²) in [5, 5.41) is 6.30. The number of nitrogens with one attached hydrogen (secondary N) is 2. The Hall–Kier alpha value is -3.12. The van der Waals surface area contributed by atoms with Crippen LogP contribution in [0.15, 0.2) is 48.2 Å². The molecule has 0 saturated heterocycles. The summed E-state index contributed by atoms with van der Waals surface area (Å²) in [6.07, 6.45) is 0. The topological polar surface area (TPSA) is 78.5 Å². The summed E-state index contributed by atoms with van der Waals surface area (Å²) in [4.78, 5) is 37.5. The highest BCUT2D eigenvalue weighted by Gasteiger charge is 2.37. The van der Waals surface area contributed by atoms with Crippen molar-refractivity contribution in [3.63, 3.8) is 0 Å². The monoisotopic (exact) mass is 383 g/mol. The molecule has 0 aromatic heterocycles. The maximum atomic E-state index is 12.6. The van der Waals surface area contributed by atoms with Gasteiger partial charge in [0.25, 0.3) is 11.8 Å². The lowest BCUT2D eigenvalue weighted by molar-refractivity contribution is -0.135. The summed E-state index contributed by atoms with van der Waals surface area (Å²) in [6.45, 7) is 3.25. The van der Waals surface area contributed by atoms with Crippen LogP contribution in [-0.2, 0) is 14.4 Å². The smallest absolute Gasteiger partial charge is 0.277 e. The highest BCUT2D eigenvalue weighted by Crippen LogP contribution is 2.32. The largest absolute Gasteiger partial charge is 0.350 e. The van der Waals surface area contributed by atoms with Crippen molar-refractivity contribution in [3.05, 3.63) is 64.3 Å². The number of likely N-dealkylation sites (N-methyl/N-ethyl adjacent to an activating group) is 1. The van der Waals surface area contributed by atoms with Crippen molar-refractivity contribution >= 4 is 46.3 Å². The Morgan fingerprint density at radius 1 is 1.04 bits per heavy atom. The third kappa shape index (κ3) is 3.57. The molecule has 1 aliphatic heterocycles. The minimum atomic E-state index is -0.416. The summed E-state index contributed by atoms with van der Waals surface area (Å²) in [6, 6.07) is 12.1. The summed E-state index contributed by atoms with van der Waals surface area (Å²) >= 11 is 6.15. The summed E-state index contributed by atoms with van der Waals surface area (Å²) in [5.74, 6) is -0.998. The Kier molecular flexibility index (Phi) is 5.01. The van der Waals surface area contributed by atoms with E-state index in [0.717, 1.165) is 10.5 Å². The molecule has 0 atom stereocenters. The van der Waals surface area contributed by atoms with E-state index >= 15 is 0 Å². The third-order valence-electron chi connectivity index (χ3n) is 4.31. The Bertz CT molecular complexity index is 980. The molecule has 0 fully saturated rings. The number of halogens is 1. The van der Waals surface area contributed by atoms with Gasteiger partial charge >= 0.3 is 0 Å². The Labute approximate surface area is 161 Å². The molecule has 27 heavy (non-hydrogen) atoms. The van der Waals surface area contributed by atoms with Gasteiger partial charge in [0.05, 0.1) is 5.57 Å². The molecule has 3 rings (SSSR count). The van der Waals surface area contributed by atoms with Gasteiger partial charge in [0.2, 0.25) is 5.91 Å². The van der Waals surface area contributed by atoms with Crippen LogP contribution >= 0.6 is 11.6 Å². The maximum Gasteiger partial charge on any atom is 0.277 e. The molecule has 2 N–H and O–H groups in total. The first kappa shape index (κ1) is 18.7. The van der Waals surface area contributed by atoms with E-state index in [9.17, 15) is 14.4 Å². The van der Waals surface area contributed by atoms with Gasteiger partial charge in [-0.2, -0.15) is 0 Å². The van der Waals surface area contributed by atoms with Gasteiger partial charge in [-0.1, -0.05) is 29.8 Å². The van der Waals surface area contributed by atoms with Gasteiger partial charge in [0, 0.05) is 30.4 Å². The van der Waals surface area contributed by atoms with E-state index in [1.165, 1.54) is 14.0 Å². The number of imide groups is 1. The predicted octanol–water partition coefficient (Wildman–Crippen LogP) is 3.43. The van der Waals surface area contributed by atoms with Crippen molar-refractivity contribution in [2.45, 2.75) is 13.8 Å². The third-order valence-corrected chi connectivity index (χ3v) is 4.72. The van der Waals surface area contributed by atoms with E-state index < -0.39 is 11.8 Å². The second kappa shape index (κ2) is 7.25. The first-order valence-corrected chi connectivity index (χ1v) is 8.64. The lowest BCUT2D eigenvalue weighted by Gasteiger charge is -2.12. The van der Waals surface area contributed by atoms with Crippen molar-refractivity contribution in [1.82, 2.24) is 4.90 Å². The number of rotatable bonds is 4. The van der Waals surface area contributed by atoms with Crippen molar-refractivity contribution in [2.24, 2.45) is 0 Å². The van der Waals surface area contributed by atoms with Crippen LogP contribution in [0, 0.1) is 6.92 Å². The number of benzene rings is 2. The van der Waals surface area contributed by atoms with Crippen LogP contribution in [0.5, 0.6) is 0 Å². The van der Waals surface area contributed by atoms with E-state index in [-0.39, 0.29) is 17.2 Å². The average Bonchev–Trinajstić information content (AvgIpc) is 2.83. The van der Waals surface area contributed by atoms with Crippen molar-refractivity contribution < 1.29 is 14.4 Å². The van der Waals surface area contributed by atoms with Gasteiger partial charge < -0.3 is 10.6 Å². The maximum absolute atomic E-state index is 12.6. The van der Waals surface area contributed by atoms with E-state index in [1.807, 2.05) is 6.92 Å². The fourth-order valence-corrected chi connectivity index (χ4v) is 3.00. The minimum Gasteiger partial charge on any atom is -0.350 e. The van der Waals surface area contributed by atoms with Crippen LogP contribution in [0.1, 0.15) is 18.1 Å². The molecule has 2 aromatic rings. The van der Waals surface area contributed by atoms with Gasteiger partial charge in [-0.15, -0.1) is 0 Å². The van der Waals surface area contributed by atoms with E-state index in [2.05, 4.69) is 10.6 Å². The molecule has 0 bridgehead atoms. The predicted molar refractivity (Wildman–Crippen MR) is 105 cm³/mol. The molecule has 138 valence electrons. The molecule has 0 saturated carbocycles. The van der Waals surface area contributed by atoms with Crippen LogP contribution < -0.4 is 10.6 Å². The lowest BCUT2D eigenvalue weighted by atomic mass is 10.0. The number of anilines is 2. The molecule has 1 heterocycles. The van der Waals surface area contributed by atoms with Crippen LogP contribution in [0.3, 0.4) is 0 Å². The fraction of sp³-hybridized carbons (Fsp3) is 0.150. The zero-order valence-corrected chi connectivity index (χ0v) is 15.8. The molecular formula is C20H18ClN3O3. The first-order chi connectivity index (χ1) is 12.8. The molecular weight excluding hydrogens is 366 g/mol. The zero-order valence-electron chi connectivity index (χ0n) is 15.1. The minimum absolute atomic E-state index is 0.187. The molecule has 0 aliphatic carbocycles. The average molecular weight is 384 g/mol. The highest BCUT2D eigenvalue weighted by atomic mass is 35.5. The fourth-order valence-electron chi connectivity index (χ4n) is 2.83. The van der Waals surface area contributed by atoms with Crippen LogP contribution in [0.25, 0.3) is 5.57 Å². The van der Waals surface area contributed by atoms with Gasteiger partial charge in [-0.25, -0.2) is 0 Å². The van der Waals surface area contributed by atoms with Gasteiger partial charge in [-0.05, 0) is 42.3 Å². The Morgan fingerprint density at radius 3 is 2.33 bits per heavy atom. The number of hydrogen-bond acceptors (Lipinski definition) is 4. The second-order valence-electron chi connectivity index (χ2n) is 6.22. The van der Waals surface area contributed by atoms with Gasteiger partial charge in [0.1, 0.15) is 5.70 Å². The lowest BCUT2D eigenvalue weighted by Crippen LogP contribution is -2.28. The number of carbonyl (C=O) groups excluding carboxylic acids is 3. The normalized spacial score (nSPS) is 14.0. The zero-order chi connectivity index (χ0) is 19.7. The van der Waals surface area contributed by atoms with Crippen molar-refractivity contribution in [3.8, 4) is 0 Å². The standard InChI is InChI=1S/C20H18ClN3O3/c1-11-15(21)5-4-6-16(11)23-18-17(19(26)24(3)20(18)27)13-7-9-14(10-8-13)22-12(2)25/h4-10,23H,1-3H3,(H,22,25). The summed E-state index contributed by atoms with van der Waals surface area (Å²) in [5.41, 5.74) is 3.09. The van der Waals surface area contributed by atoms with Crippen LogP contribution in [-0.4, -0.2) is 29.7 Å². The molecule has 1 aliphatic rings. The summed E-state index contributed by atoms with van der Waals surface area (Å²) < 4.78 is 0. The highest BCUT2D eigenvalue weighted by molar-refractivity contribution is 6.36. The number of nitrogens with zero attached hydrogens (tertiary/aromatic N) is 1. The van der Waals surface area contributed by atoms with Crippen molar-refractivity contribution in [2.75, 3.05) is 17.7 Å². The molecule has 7 heteroatoms. The van der Waals surface area contributed by atoms with Crippen molar-refractivity contribution in [1.29, 1.82) is 0 Å². The Balaban J connectivity index is 2.04. The summed E-state index contributed by atoms with van der Waals surface area (Å²) in [7, 11) is 1.44. The molecule has 0 radical (unpaired) electrons. The number of amides is 3. The molecule has 6 nitrogen and oxygen atoms in total. The SMILES string of the molecule is CC(=O)Nc1ccc(C2=C(Nc3cccc(Cl)c3C)C(=O)N(C)C2=O)cc1. The second-order valence-corrected chi connectivity index (χ2v) is 6.62. The van der Waals surface area contributed by atoms with Crippen LogP contribution in [0.2, 0.25) is 5.02 Å². The molecule has 2 aromatic carbocycles. The van der Waals surface area contributed by atoms with Gasteiger partial charge in [-0.3, -0.25) is 19.3 Å². The Morgan fingerprint density at radius 2 is 1.70 bits per heavy atom. The van der Waals surface area contributed by atoms with E-state index in [4.69, 9.17) is 11.6 Å². The molecule has 0 unspecified atom stereocenters. The van der Waals surface area contributed by atoms with Crippen LogP contribution in [0.4, 0.5) is 11.4 Å². The quantitative estimate of drug-likeness (QED) is 0.793. The van der Waals surface area contributed by atoms with E-state index in [1.54, 1.807) is 42.5 Å². The first-order valence-electron chi connectivity index (χ1n) is 8.26. The van der Waals surface area contributed by atoms with E-state index in [0.29, 0.717) is 22.0 Å². The molecule has 3 amide bonds. The number of carbonyl (C=O) groups is 3. The van der Waals surface area contributed by atoms with Gasteiger partial charge in [0.15, 0.2) is 0 Å². The number of hydrogen-bond donors (Lipinski definition) is 2. The molecule has 0 spiro atoms.